The van der Waals surface area contributed by atoms with Crippen LogP contribution >= 0.6 is 15.9 Å². The molecule has 1 fully saturated rings. The Hall–Kier alpha value is -2.19. The summed E-state index contributed by atoms with van der Waals surface area (Å²) >= 11 is 3.41. The average molecular weight is 505 g/mol. The Bertz CT molecular complexity index is 1110. The van der Waals surface area contributed by atoms with Gasteiger partial charge in [-0.2, -0.15) is 0 Å². The van der Waals surface area contributed by atoms with E-state index in [1.165, 1.54) is 0 Å². The maximum absolute atomic E-state index is 13.3. The van der Waals surface area contributed by atoms with Gasteiger partial charge in [-0.3, -0.25) is 9.59 Å². The Morgan fingerprint density at radius 3 is 2.52 bits per heavy atom. The van der Waals surface area contributed by atoms with Crippen molar-refractivity contribution in [2.24, 2.45) is 5.92 Å². The van der Waals surface area contributed by atoms with Crippen molar-refractivity contribution in [2.75, 3.05) is 28.6 Å². The Morgan fingerprint density at radius 1 is 1.16 bits per heavy atom. The third-order valence-electron chi connectivity index (χ3n) is 5.79. The molecular formula is C23H25BrN2O4S. The van der Waals surface area contributed by atoms with E-state index in [1.807, 2.05) is 43.3 Å². The number of carbonyl (C=O) groups excluding carboxylic acids is 2. The number of halogens is 1. The maximum atomic E-state index is 13.3. The first kappa shape index (κ1) is 22.0. The number of hydrogen-bond acceptors (Lipinski definition) is 4. The van der Waals surface area contributed by atoms with Gasteiger partial charge in [-0.15, -0.1) is 0 Å². The van der Waals surface area contributed by atoms with E-state index in [2.05, 4.69) is 15.9 Å². The van der Waals surface area contributed by atoms with E-state index in [4.69, 9.17) is 0 Å². The normalized spacial score (nSPS) is 15.6. The first-order valence-corrected chi connectivity index (χ1v) is 13.0. The molecule has 0 aromatic heterocycles. The summed E-state index contributed by atoms with van der Waals surface area (Å²) in [4.78, 5) is 28.9. The number of sulfone groups is 1. The molecule has 1 heterocycles. The summed E-state index contributed by atoms with van der Waals surface area (Å²) < 4.78 is 27.3. The van der Waals surface area contributed by atoms with E-state index in [-0.39, 0.29) is 34.8 Å². The number of benzene rings is 2. The Labute approximate surface area is 191 Å². The van der Waals surface area contributed by atoms with E-state index < -0.39 is 9.84 Å². The van der Waals surface area contributed by atoms with Crippen molar-refractivity contribution in [3.8, 4) is 0 Å². The lowest BCUT2D eigenvalue weighted by molar-refractivity contribution is -0.120. The number of fused-ring (bicyclic) bond motifs is 1. The van der Waals surface area contributed by atoms with Gasteiger partial charge >= 0.3 is 0 Å². The third kappa shape index (κ3) is 4.55. The van der Waals surface area contributed by atoms with Gasteiger partial charge in [0, 0.05) is 35.6 Å². The van der Waals surface area contributed by atoms with Gasteiger partial charge in [-0.1, -0.05) is 34.1 Å². The van der Waals surface area contributed by atoms with Crippen molar-refractivity contribution in [3.05, 3.63) is 52.5 Å². The zero-order valence-corrected chi connectivity index (χ0v) is 19.8. The molecule has 0 N–H and O–H groups in total. The molecular weight excluding hydrogens is 480 g/mol. The van der Waals surface area contributed by atoms with E-state index in [0.717, 1.165) is 24.1 Å². The van der Waals surface area contributed by atoms with Gasteiger partial charge in [0.15, 0.2) is 9.84 Å². The van der Waals surface area contributed by atoms with Crippen molar-refractivity contribution in [2.45, 2.75) is 37.5 Å². The highest BCUT2D eigenvalue weighted by atomic mass is 79.9. The fraction of sp³-hybridized carbons (Fsp3) is 0.391. The van der Waals surface area contributed by atoms with Crippen molar-refractivity contribution in [1.82, 2.24) is 0 Å². The summed E-state index contributed by atoms with van der Waals surface area (Å²) in [5.74, 6) is -0.524. The second-order valence-corrected chi connectivity index (χ2v) is 11.0. The fourth-order valence-electron chi connectivity index (χ4n) is 4.05. The van der Waals surface area contributed by atoms with Gasteiger partial charge in [0.2, 0.25) is 11.8 Å². The second kappa shape index (κ2) is 8.74. The van der Waals surface area contributed by atoms with Crippen LogP contribution in [-0.2, 0) is 25.8 Å². The molecule has 2 amide bonds. The highest BCUT2D eigenvalue weighted by Gasteiger charge is 2.39. The predicted molar refractivity (Wildman–Crippen MR) is 124 cm³/mol. The van der Waals surface area contributed by atoms with Gasteiger partial charge in [0.25, 0.3) is 0 Å². The van der Waals surface area contributed by atoms with Crippen LogP contribution in [0.3, 0.4) is 0 Å². The van der Waals surface area contributed by atoms with E-state index in [9.17, 15) is 18.0 Å². The summed E-state index contributed by atoms with van der Waals surface area (Å²) in [6.45, 7) is 2.82. The number of nitrogens with zero attached hydrogens (tertiary/aromatic N) is 2. The van der Waals surface area contributed by atoms with Crippen LogP contribution in [0.5, 0.6) is 0 Å². The average Bonchev–Trinajstić information content (AvgIpc) is 3.52. The largest absolute Gasteiger partial charge is 0.313 e. The monoisotopic (exact) mass is 504 g/mol. The number of para-hydroxylation sites is 1. The van der Waals surface area contributed by atoms with Crippen LogP contribution in [0.15, 0.2) is 51.8 Å². The molecule has 31 heavy (non-hydrogen) atoms. The zero-order valence-electron chi connectivity index (χ0n) is 17.4. The minimum absolute atomic E-state index is 0.00911. The molecule has 164 valence electrons. The molecule has 0 radical (unpaired) electrons. The molecule has 0 saturated heterocycles. The molecule has 0 unspecified atom stereocenters. The fourth-order valence-corrected chi connectivity index (χ4v) is 6.22. The van der Waals surface area contributed by atoms with Gasteiger partial charge in [0.05, 0.1) is 16.3 Å². The molecule has 1 saturated carbocycles. The molecule has 2 aromatic rings. The molecule has 2 aromatic carbocycles. The quantitative estimate of drug-likeness (QED) is 0.571. The molecule has 8 heteroatoms. The SMILES string of the molecule is CCN(C(=O)CCS(=O)(=O)c1cc(Br)cc2c1N(C(=O)C1CC1)CC2)c1ccccc1. The van der Waals surface area contributed by atoms with Crippen LogP contribution in [0.25, 0.3) is 0 Å². The van der Waals surface area contributed by atoms with Crippen LogP contribution in [0.4, 0.5) is 11.4 Å². The minimum atomic E-state index is -3.77. The zero-order chi connectivity index (χ0) is 22.2. The van der Waals surface area contributed by atoms with Crippen LogP contribution in [0, 0.1) is 5.92 Å². The molecule has 0 spiro atoms. The first-order chi connectivity index (χ1) is 14.8. The summed E-state index contributed by atoms with van der Waals surface area (Å²) in [6.07, 6.45) is 2.24. The number of amides is 2. The van der Waals surface area contributed by atoms with Gasteiger partial charge in [-0.25, -0.2) is 8.42 Å². The third-order valence-corrected chi connectivity index (χ3v) is 7.97. The Balaban J connectivity index is 1.58. The lowest BCUT2D eigenvalue weighted by atomic mass is 10.2. The highest BCUT2D eigenvalue weighted by molar-refractivity contribution is 9.10. The topological polar surface area (TPSA) is 74.8 Å². The molecule has 6 nitrogen and oxygen atoms in total. The highest BCUT2D eigenvalue weighted by Crippen LogP contribution is 2.41. The van der Waals surface area contributed by atoms with E-state index >= 15 is 0 Å². The van der Waals surface area contributed by atoms with Crippen molar-refractivity contribution >= 4 is 49.0 Å². The van der Waals surface area contributed by atoms with E-state index in [1.54, 1.807) is 15.9 Å². The molecule has 2 aliphatic rings. The summed E-state index contributed by atoms with van der Waals surface area (Å²) in [6, 6.07) is 12.7. The summed E-state index contributed by atoms with van der Waals surface area (Å²) in [5.41, 5.74) is 2.10. The second-order valence-electron chi connectivity index (χ2n) is 7.97. The smallest absolute Gasteiger partial charge is 0.230 e. The van der Waals surface area contributed by atoms with Crippen molar-refractivity contribution in [3.63, 3.8) is 0 Å². The van der Waals surface area contributed by atoms with Crippen molar-refractivity contribution in [1.29, 1.82) is 0 Å². The predicted octanol–water partition coefficient (Wildman–Crippen LogP) is 3.97. The number of rotatable bonds is 7. The maximum Gasteiger partial charge on any atom is 0.230 e. The van der Waals surface area contributed by atoms with Crippen LogP contribution in [0.1, 0.15) is 31.7 Å². The number of hydrogen-bond donors (Lipinski definition) is 0. The summed E-state index contributed by atoms with van der Waals surface area (Å²) in [7, 11) is -3.77. The van der Waals surface area contributed by atoms with Gasteiger partial charge in [-0.05, 0) is 56.0 Å². The lowest BCUT2D eigenvalue weighted by Crippen LogP contribution is -2.33. The lowest BCUT2D eigenvalue weighted by Gasteiger charge is -2.22. The Kier molecular flexibility index (Phi) is 6.21. The molecule has 0 atom stereocenters. The van der Waals surface area contributed by atoms with Crippen LogP contribution < -0.4 is 9.80 Å². The van der Waals surface area contributed by atoms with Crippen LogP contribution in [0.2, 0.25) is 0 Å². The first-order valence-electron chi connectivity index (χ1n) is 10.5. The molecule has 0 bridgehead atoms. The molecule has 1 aliphatic carbocycles. The number of carbonyl (C=O) groups is 2. The van der Waals surface area contributed by atoms with E-state index in [0.29, 0.717) is 29.7 Å². The van der Waals surface area contributed by atoms with Gasteiger partial charge < -0.3 is 9.80 Å². The van der Waals surface area contributed by atoms with Crippen molar-refractivity contribution < 1.29 is 18.0 Å². The summed E-state index contributed by atoms with van der Waals surface area (Å²) in [5, 5.41) is 0. The standard InChI is InChI=1S/C23H25BrN2O4S/c1-2-25(19-6-4-3-5-7-19)21(27)11-13-31(29,30)20-15-18(24)14-17-10-12-26(22(17)20)23(28)16-8-9-16/h3-7,14-16H,2,8-13H2,1H3. The molecule has 4 rings (SSSR count). The van der Waals surface area contributed by atoms with Gasteiger partial charge in [0.1, 0.15) is 0 Å². The minimum Gasteiger partial charge on any atom is -0.313 e. The number of anilines is 2. The van der Waals surface area contributed by atoms with Crippen LogP contribution in [-0.4, -0.2) is 39.1 Å². The molecule has 1 aliphatic heterocycles. The Morgan fingerprint density at radius 2 is 1.87 bits per heavy atom.